The molecule has 5 heteroatoms. The van der Waals surface area contributed by atoms with Gasteiger partial charge in [-0.3, -0.25) is 0 Å². The molecule has 0 fully saturated rings. The maximum Gasteiger partial charge on any atom is 0.134 e. The first-order valence-corrected chi connectivity index (χ1v) is 4.81. The van der Waals surface area contributed by atoms with Crippen molar-refractivity contribution in [3.63, 3.8) is 0 Å². The second kappa shape index (κ2) is 5.85. The summed E-state index contributed by atoms with van der Waals surface area (Å²) in [6, 6.07) is 5.72. The minimum atomic E-state index is -0.334. The maximum absolute atomic E-state index is 12.8. The van der Waals surface area contributed by atoms with E-state index in [9.17, 15) is 4.39 Å². The van der Waals surface area contributed by atoms with Crippen LogP contribution in [0.5, 0.6) is 0 Å². The minimum Gasteiger partial charge on any atom is -0.411 e. The highest BCUT2D eigenvalue weighted by atomic mass is 19.1. The zero-order chi connectivity index (χ0) is 12.0. The Morgan fingerprint density at radius 2 is 2.00 bits per heavy atom. The van der Waals surface area contributed by atoms with Gasteiger partial charge < -0.3 is 10.0 Å². The van der Waals surface area contributed by atoms with Crippen LogP contribution >= 0.6 is 0 Å². The molecular weight excluding hydrogens is 211 g/mol. The van der Waals surface area contributed by atoms with Gasteiger partial charge in [-0.05, 0) is 30.7 Å². The smallest absolute Gasteiger partial charge is 0.134 e. The van der Waals surface area contributed by atoms with E-state index < -0.39 is 0 Å². The van der Waals surface area contributed by atoms with Crippen molar-refractivity contribution in [2.24, 2.45) is 10.3 Å². The number of rotatable bonds is 4. The average Bonchev–Trinajstić information content (AvgIpc) is 2.31. The number of halogens is 1. The number of hydrogen-bond donors (Lipinski definition) is 1. The number of benzene rings is 1. The molecular formula is C11H13FN2O2. The van der Waals surface area contributed by atoms with Gasteiger partial charge in [0.2, 0.25) is 0 Å². The lowest BCUT2D eigenvalue weighted by atomic mass is 10.0. The van der Waals surface area contributed by atoms with Crippen LogP contribution in [0.25, 0.3) is 0 Å². The number of oxime groups is 2. The number of nitrogens with zero attached hydrogens (tertiary/aromatic N) is 2. The lowest BCUT2D eigenvalue weighted by molar-refractivity contribution is 0.214. The van der Waals surface area contributed by atoms with E-state index in [-0.39, 0.29) is 5.82 Å². The van der Waals surface area contributed by atoms with Crippen molar-refractivity contribution in [1.82, 2.24) is 0 Å². The highest BCUT2D eigenvalue weighted by Gasteiger charge is 2.11. The summed E-state index contributed by atoms with van der Waals surface area (Å²) in [6.07, 6.45) is 0.496. The fourth-order valence-corrected chi connectivity index (χ4v) is 1.26. The van der Waals surface area contributed by atoms with Crippen molar-refractivity contribution in [2.75, 3.05) is 7.11 Å². The van der Waals surface area contributed by atoms with Gasteiger partial charge in [0, 0.05) is 5.56 Å². The molecule has 1 aromatic rings. The minimum absolute atomic E-state index is 0.334. The van der Waals surface area contributed by atoms with E-state index in [4.69, 9.17) is 5.21 Å². The van der Waals surface area contributed by atoms with Crippen LogP contribution < -0.4 is 0 Å². The second-order valence-electron chi connectivity index (χ2n) is 3.03. The monoisotopic (exact) mass is 224 g/mol. The summed E-state index contributed by atoms with van der Waals surface area (Å²) in [4.78, 5) is 4.68. The molecule has 0 aliphatic heterocycles. The summed E-state index contributed by atoms with van der Waals surface area (Å²) in [6.45, 7) is 1.82. The van der Waals surface area contributed by atoms with Gasteiger partial charge in [0.15, 0.2) is 0 Å². The highest BCUT2D eigenvalue weighted by Crippen LogP contribution is 2.07. The molecule has 0 radical (unpaired) electrons. The van der Waals surface area contributed by atoms with Gasteiger partial charge in [-0.1, -0.05) is 17.2 Å². The molecule has 0 amide bonds. The van der Waals surface area contributed by atoms with Crippen molar-refractivity contribution in [3.8, 4) is 0 Å². The van der Waals surface area contributed by atoms with Gasteiger partial charge in [-0.15, -0.1) is 0 Å². The highest BCUT2D eigenvalue weighted by molar-refractivity contribution is 6.48. The van der Waals surface area contributed by atoms with Crippen LogP contribution in [0.15, 0.2) is 34.6 Å². The zero-order valence-electron chi connectivity index (χ0n) is 9.14. The Morgan fingerprint density at radius 3 is 2.44 bits per heavy atom. The summed E-state index contributed by atoms with van der Waals surface area (Å²) in [5, 5.41) is 15.7. The third-order valence-corrected chi connectivity index (χ3v) is 2.03. The van der Waals surface area contributed by atoms with E-state index in [0.29, 0.717) is 23.4 Å². The molecule has 0 spiro atoms. The molecule has 16 heavy (non-hydrogen) atoms. The van der Waals surface area contributed by atoms with Gasteiger partial charge in [-0.2, -0.15) is 0 Å². The maximum atomic E-state index is 12.8. The predicted molar refractivity (Wildman–Crippen MR) is 59.5 cm³/mol. The fraction of sp³-hybridized carbons (Fsp3) is 0.273. The molecule has 0 saturated carbocycles. The normalized spacial score (nSPS) is 12.7. The third kappa shape index (κ3) is 2.79. The van der Waals surface area contributed by atoms with Crippen LogP contribution in [-0.2, 0) is 4.84 Å². The average molecular weight is 224 g/mol. The second-order valence-corrected chi connectivity index (χ2v) is 3.03. The summed E-state index contributed by atoms with van der Waals surface area (Å²) in [7, 11) is 1.40. The topological polar surface area (TPSA) is 54.2 Å². The van der Waals surface area contributed by atoms with Crippen molar-refractivity contribution in [1.29, 1.82) is 0 Å². The predicted octanol–water partition coefficient (Wildman–Crippen LogP) is 2.42. The van der Waals surface area contributed by atoms with E-state index in [0.717, 1.165) is 0 Å². The first-order chi connectivity index (χ1) is 7.72. The molecule has 86 valence electrons. The molecule has 0 aliphatic carbocycles. The van der Waals surface area contributed by atoms with Crippen LogP contribution in [-0.4, -0.2) is 23.7 Å². The molecule has 0 aliphatic rings. The van der Waals surface area contributed by atoms with Gasteiger partial charge >= 0.3 is 0 Å². The quantitative estimate of drug-likeness (QED) is 0.485. The molecule has 0 atom stereocenters. The van der Waals surface area contributed by atoms with E-state index in [2.05, 4.69) is 15.1 Å². The Bertz CT molecular complexity index is 399. The van der Waals surface area contributed by atoms with Crippen LogP contribution in [0, 0.1) is 5.82 Å². The van der Waals surface area contributed by atoms with Crippen molar-refractivity contribution >= 4 is 11.4 Å². The Hall–Kier alpha value is -1.91. The Kier molecular flexibility index (Phi) is 4.44. The van der Waals surface area contributed by atoms with Crippen molar-refractivity contribution < 1.29 is 14.4 Å². The lowest BCUT2D eigenvalue weighted by Crippen LogP contribution is -2.15. The Balaban J connectivity index is 3.13. The van der Waals surface area contributed by atoms with Gasteiger partial charge in [0.25, 0.3) is 0 Å². The van der Waals surface area contributed by atoms with Crippen LogP contribution in [0.4, 0.5) is 4.39 Å². The zero-order valence-corrected chi connectivity index (χ0v) is 9.14. The Morgan fingerprint density at radius 1 is 1.38 bits per heavy atom. The first kappa shape index (κ1) is 12.2. The van der Waals surface area contributed by atoms with E-state index in [1.165, 1.54) is 19.2 Å². The van der Waals surface area contributed by atoms with Gasteiger partial charge in [0.1, 0.15) is 24.4 Å². The van der Waals surface area contributed by atoms with E-state index in [1.807, 2.05) is 6.92 Å². The molecule has 0 unspecified atom stereocenters. The van der Waals surface area contributed by atoms with Crippen LogP contribution in [0.1, 0.15) is 18.9 Å². The molecule has 1 rings (SSSR count). The van der Waals surface area contributed by atoms with Crippen molar-refractivity contribution in [3.05, 3.63) is 35.6 Å². The lowest BCUT2D eigenvalue weighted by Gasteiger charge is -2.05. The first-order valence-electron chi connectivity index (χ1n) is 4.81. The summed E-state index contributed by atoms with van der Waals surface area (Å²) in [5.74, 6) is -0.334. The van der Waals surface area contributed by atoms with E-state index in [1.54, 1.807) is 12.1 Å². The van der Waals surface area contributed by atoms with Crippen molar-refractivity contribution in [2.45, 2.75) is 13.3 Å². The standard InChI is InChI=1S/C11H13FN2O2/c1-3-10(13-15)11(14-16-2)8-4-6-9(12)7-5-8/h4-7,15H,3H2,1-2H3/b13-10+,14-11+. The molecule has 1 aromatic carbocycles. The SMILES string of the molecule is CCC(=N\O)/C(=N/OC)c1ccc(F)cc1. The van der Waals surface area contributed by atoms with E-state index >= 15 is 0 Å². The molecule has 1 N–H and O–H groups in total. The largest absolute Gasteiger partial charge is 0.411 e. The van der Waals surface area contributed by atoms with Crippen LogP contribution in [0.2, 0.25) is 0 Å². The molecule has 4 nitrogen and oxygen atoms in total. The number of hydrogen-bond acceptors (Lipinski definition) is 4. The van der Waals surface area contributed by atoms with Gasteiger partial charge in [-0.25, -0.2) is 4.39 Å². The molecule has 0 saturated heterocycles. The summed E-state index contributed by atoms with van der Waals surface area (Å²) < 4.78 is 12.8. The molecule has 0 bridgehead atoms. The van der Waals surface area contributed by atoms with Gasteiger partial charge in [0.05, 0.1) is 0 Å². The summed E-state index contributed by atoms with van der Waals surface area (Å²) >= 11 is 0. The summed E-state index contributed by atoms with van der Waals surface area (Å²) in [5.41, 5.74) is 1.42. The molecule has 0 aromatic heterocycles. The third-order valence-electron chi connectivity index (χ3n) is 2.03. The fourth-order valence-electron chi connectivity index (χ4n) is 1.26. The van der Waals surface area contributed by atoms with Crippen LogP contribution in [0.3, 0.4) is 0 Å². The Labute approximate surface area is 93.0 Å². The molecule has 0 heterocycles.